The van der Waals surface area contributed by atoms with E-state index in [2.05, 4.69) is 9.97 Å². The lowest BCUT2D eigenvalue weighted by Gasteiger charge is -2.33. The minimum absolute atomic E-state index is 0.0248. The van der Waals surface area contributed by atoms with E-state index >= 15 is 0 Å². The molecule has 9 nitrogen and oxygen atoms in total. The first-order valence-corrected chi connectivity index (χ1v) is 10.4. The molecule has 0 bridgehead atoms. The molecule has 3 heterocycles. The number of nitrogens with two attached hydrogens (primary N) is 1. The molecule has 2 aromatic heterocycles. The maximum atomic E-state index is 13.0. The second kappa shape index (κ2) is 9.03. The quantitative estimate of drug-likeness (QED) is 0.611. The number of likely N-dealkylation sites (tertiary alicyclic amines) is 1. The fourth-order valence-corrected chi connectivity index (χ4v) is 3.94. The van der Waals surface area contributed by atoms with Crippen LogP contribution < -0.4 is 5.73 Å². The Kier molecular flexibility index (Phi) is 6.01. The van der Waals surface area contributed by atoms with E-state index in [4.69, 9.17) is 10.5 Å². The maximum Gasteiger partial charge on any atom is 0.360 e. The van der Waals surface area contributed by atoms with Gasteiger partial charge in [-0.3, -0.25) is 4.79 Å². The fourth-order valence-electron chi connectivity index (χ4n) is 3.94. The molecule has 9 heteroatoms. The van der Waals surface area contributed by atoms with E-state index in [9.17, 15) is 9.59 Å². The molecule has 1 fully saturated rings. The van der Waals surface area contributed by atoms with Gasteiger partial charge in [0.05, 0.1) is 19.3 Å². The third kappa shape index (κ3) is 4.45. The van der Waals surface area contributed by atoms with Crippen molar-refractivity contribution in [2.24, 2.45) is 0 Å². The summed E-state index contributed by atoms with van der Waals surface area (Å²) >= 11 is 0. The summed E-state index contributed by atoms with van der Waals surface area (Å²) < 4.78 is 8.78. The number of esters is 1. The van der Waals surface area contributed by atoms with Crippen molar-refractivity contribution in [3.05, 3.63) is 66.1 Å². The van der Waals surface area contributed by atoms with Gasteiger partial charge in [0.15, 0.2) is 5.69 Å². The standard InChI is InChI=1S/C22H26N6O3/c1-2-31-22(30)19-20(23)28(15-25-19)18-6-9-27(10-7-18)21(29)17-5-3-4-16(12-17)13-26-11-8-24-14-26/h3-5,8,11-12,14-15,18H,2,6-7,9-10,13,23H2,1H3. The Bertz CT molecular complexity index is 1050. The van der Waals surface area contributed by atoms with Gasteiger partial charge in [0.2, 0.25) is 0 Å². The number of nitrogens with zero attached hydrogens (tertiary/aromatic N) is 5. The number of amides is 1. The van der Waals surface area contributed by atoms with Crippen LogP contribution in [0.5, 0.6) is 0 Å². The summed E-state index contributed by atoms with van der Waals surface area (Å²) in [5, 5.41) is 0. The Hall–Kier alpha value is -3.62. The largest absolute Gasteiger partial charge is 0.461 e. The van der Waals surface area contributed by atoms with Crippen molar-refractivity contribution in [3.63, 3.8) is 0 Å². The van der Waals surface area contributed by atoms with Gasteiger partial charge in [-0.1, -0.05) is 12.1 Å². The highest BCUT2D eigenvalue weighted by molar-refractivity contribution is 5.94. The van der Waals surface area contributed by atoms with E-state index in [0.29, 0.717) is 31.0 Å². The lowest BCUT2D eigenvalue weighted by molar-refractivity contribution is 0.0521. The zero-order valence-electron chi connectivity index (χ0n) is 17.5. The Labute approximate surface area is 180 Å². The zero-order chi connectivity index (χ0) is 21.8. The third-order valence-electron chi connectivity index (χ3n) is 5.54. The van der Waals surface area contributed by atoms with Crippen LogP contribution in [-0.4, -0.2) is 55.6 Å². The lowest BCUT2D eigenvalue weighted by Crippen LogP contribution is -2.39. The number of ether oxygens (including phenoxy) is 1. The predicted octanol–water partition coefficient (Wildman–Crippen LogP) is 2.36. The van der Waals surface area contributed by atoms with Crippen molar-refractivity contribution < 1.29 is 14.3 Å². The van der Waals surface area contributed by atoms with Crippen LogP contribution in [0.15, 0.2) is 49.3 Å². The second-order valence-electron chi connectivity index (χ2n) is 7.56. The molecular weight excluding hydrogens is 396 g/mol. The Morgan fingerprint density at radius 3 is 2.74 bits per heavy atom. The zero-order valence-corrected chi connectivity index (χ0v) is 17.5. The molecule has 0 atom stereocenters. The summed E-state index contributed by atoms with van der Waals surface area (Å²) in [5.74, 6) is -0.172. The van der Waals surface area contributed by atoms with Gasteiger partial charge < -0.3 is 24.5 Å². The first-order chi connectivity index (χ1) is 15.1. The molecule has 1 aliphatic rings. The number of benzene rings is 1. The van der Waals surface area contributed by atoms with Crippen LogP contribution in [0.4, 0.5) is 5.82 Å². The highest BCUT2D eigenvalue weighted by Gasteiger charge is 2.27. The Morgan fingerprint density at radius 2 is 2.03 bits per heavy atom. The molecule has 0 radical (unpaired) electrons. The first-order valence-electron chi connectivity index (χ1n) is 10.4. The molecule has 2 N–H and O–H groups in total. The fraction of sp³-hybridized carbons (Fsp3) is 0.364. The summed E-state index contributed by atoms with van der Waals surface area (Å²) in [7, 11) is 0. The molecule has 0 spiro atoms. The van der Waals surface area contributed by atoms with E-state index in [-0.39, 0.29) is 24.2 Å². The Morgan fingerprint density at radius 1 is 1.23 bits per heavy atom. The summed E-state index contributed by atoms with van der Waals surface area (Å²) in [6.07, 6.45) is 8.46. The van der Waals surface area contributed by atoms with Gasteiger partial charge in [-0.25, -0.2) is 14.8 Å². The molecular formula is C22H26N6O3. The average molecular weight is 422 g/mol. The average Bonchev–Trinajstić information content (AvgIpc) is 3.43. The number of carbonyl (C=O) groups excluding carboxylic acids is 2. The highest BCUT2D eigenvalue weighted by atomic mass is 16.5. The smallest absolute Gasteiger partial charge is 0.360 e. The number of piperidine rings is 1. The van der Waals surface area contributed by atoms with Gasteiger partial charge in [-0.2, -0.15) is 0 Å². The third-order valence-corrected chi connectivity index (χ3v) is 5.54. The van der Waals surface area contributed by atoms with E-state index in [1.54, 1.807) is 25.8 Å². The molecule has 162 valence electrons. The number of carbonyl (C=O) groups is 2. The molecule has 0 unspecified atom stereocenters. The lowest BCUT2D eigenvalue weighted by atomic mass is 10.0. The SMILES string of the molecule is CCOC(=O)c1ncn(C2CCN(C(=O)c3cccc(Cn4ccnc4)c3)CC2)c1N. The van der Waals surface area contributed by atoms with Crippen LogP contribution >= 0.6 is 0 Å². The van der Waals surface area contributed by atoms with Crippen LogP contribution in [0, 0.1) is 0 Å². The number of aromatic nitrogens is 4. The normalized spacial score (nSPS) is 14.5. The van der Waals surface area contributed by atoms with Crippen molar-refractivity contribution in [1.29, 1.82) is 0 Å². The summed E-state index contributed by atoms with van der Waals surface area (Å²) in [5.41, 5.74) is 8.02. The monoisotopic (exact) mass is 422 g/mol. The van der Waals surface area contributed by atoms with E-state index in [1.807, 2.05) is 44.5 Å². The van der Waals surface area contributed by atoms with E-state index < -0.39 is 5.97 Å². The van der Waals surface area contributed by atoms with Crippen LogP contribution in [0.1, 0.15) is 52.2 Å². The molecule has 4 rings (SSSR count). The van der Waals surface area contributed by atoms with Gasteiger partial charge in [0.1, 0.15) is 5.82 Å². The number of imidazole rings is 2. The first kappa shape index (κ1) is 20.6. The molecule has 1 aliphatic heterocycles. The molecule has 1 aromatic carbocycles. The van der Waals surface area contributed by atoms with Gasteiger partial charge in [-0.15, -0.1) is 0 Å². The van der Waals surface area contributed by atoms with Crippen molar-refractivity contribution in [2.45, 2.75) is 32.4 Å². The van der Waals surface area contributed by atoms with Crippen molar-refractivity contribution in [3.8, 4) is 0 Å². The molecule has 0 aliphatic carbocycles. The molecule has 31 heavy (non-hydrogen) atoms. The highest BCUT2D eigenvalue weighted by Crippen LogP contribution is 2.27. The second-order valence-corrected chi connectivity index (χ2v) is 7.56. The summed E-state index contributed by atoms with van der Waals surface area (Å²) in [6.45, 7) is 3.91. The number of rotatable bonds is 6. The van der Waals surface area contributed by atoms with Gasteiger partial charge in [-0.05, 0) is 37.5 Å². The molecule has 1 amide bonds. The number of hydrogen-bond acceptors (Lipinski definition) is 6. The predicted molar refractivity (Wildman–Crippen MR) is 115 cm³/mol. The minimum Gasteiger partial charge on any atom is -0.461 e. The van der Waals surface area contributed by atoms with Crippen LogP contribution in [0.2, 0.25) is 0 Å². The van der Waals surface area contributed by atoms with Crippen molar-refractivity contribution >= 4 is 17.7 Å². The summed E-state index contributed by atoms with van der Waals surface area (Å²) in [6, 6.07) is 7.80. The molecule has 1 saturated heterocycles. The van der Waals surface area contributed by atoms with E-state index in [0.717, 1.165) is 18.4 Å². The number of nitrogen functional groups attached to an aromatic ring is 1. The van der Waals surface area contributed by atoms with E-state index in [1.165, 1.54) is 0 Å². The topological polar surface area (TPSA) is 108 Å². The van der Waals surface area contributed by atoms with Crippen LogP contribution in [-0.2, 0) is 11.3 Å². The van der Waals surface area contributed by atoms with Gasteiger partial charge in [0, 0.05) is 43.6 Å². The van der Waals surface area contributed by atoms with Crippen molar-refractivity contribution in [1.82, 2.24) is 24.0 Å². The van der Waals surface area contributed by atoms with Crippen LogP contribution in [0.3, 0.4) is 0 Å². The summed E-state index contributed by atoms with van der Waals surface area (Å²) in [4.78, 5) is 35.0. The van der Waals surface area contributed by atoms with Gasteiger partial charge in [0.25, 0.3) is 5.91 Å². The minimum atomic E-state index is -0.512. The van der Waals surface area contributed by atoms with Crippen molar-refractivity contribution in [2.75, 3.05) is 25.4 Å². The number of hydrogen-bond donors (Lipinski definition) is 1. The number of anilines is 1. The van der Waals surface area contributed by atoms with Gasteiger partial charge >= 0.3 is 5.97 Å². The van der Waals surface area contributed by atoms with Crippen LogP contribution in [0.25, 0.3) is 0 Å². The molecule has 3 aromatic rings. The molecule has 0 saturated carbocycles. The maximum absolute atomic E-state index is 13.0. The Balaban J connectivity index is 1.39.